The largest absolute Gasteiger partial charge is 0.354 e. The van der Waals surface area contributed by atoms with Crippen molar-refractivity contribution in [3.05, 3.63) is 30.3 Å². The van der Waals surface area contributed by atoms with Gasteiger partial charge in [0.25, 0.3) is 0 Å². The van der Waals surface area contributed by atoms with Gasteiger partial charge >= 0.3 is 0 Å². The first-order valence-corrected chi connectivity index (χ1v) is 5.91. The van der Waals surface area contributed by atoms with Gasteiger partial charge in [0.1, 0.15) is 0 Å². The zero-order valence-corrected chi connectivity index (χ0v) is 10.1. The highest BCUT2D eigenvalue weighted by Gasteiger charge is 2.17. The highest BCUT2D eigenvalue weighted by atomic mass is 16.2. The van der Waals surface area contributed by atoms with Crippen molar-refractivity contribution in [1.29, 1.82) is 0 Å². The fourth-order valence-corrected chi connectivity index (χ4v) is 1.81. The maximum Gasteiger partial charge on any atom is 0.239 e. The summed E-state index contributed by atoms with van der Waals surface area (Å²) in [6.07, 6.45) is 0.876. The first-order valence-electron chi connectivity index (χ1n) is 5.91. The molecule has 1 aromatic rings. The normalized spacial score (nSPS) is 17.1. The van der Waals surface area contributed by atoms with Gasteiger partial charge in [-0.3, -0.25) is 10.2 Å². The molecule has 1 fully saturated rings. The van der Waals surface area contributed by atoms with E-state index in [0.29, 0.717) is 12.5 Å². The molecule has 6 heteroatoms. The van der Waals surface area contributed by atoms with Crippen LogP contribution < -0.4 is 16.6 Å². The molecule has 0 aliphatic carbocycles. The van der Waals surface area contributed by atoms with Crippen molar-refractivity contribution in [1.82, 2.24) is 15.6 Å². The SMILES string of the molecule is NNC(=Nc1ccccc1)N1CCCNC(=O)C1. The van der Waals surface area contributed by atoms with E-state index in [1.807, 2.05) is 35.2 Å². The van der Waals surface area contributed by atoms with Crippen LogP contribution in [0, 0.1) is 0 Å². The zero-order valence-electron chi connectivity index (χ0n) is 10.1. The molecule has 1 heterocycles. The molecule has 1 amide bonds. The van der Waals surface area contributed by atoms with Crippen molar-refractivity contribution in [2.24, 2.45) is 10.8 Å². The van der Waals surface area contributed by atoms with E-state index in [0.717, 1.165) is 18.7 Å². The Hall–Kier alpha value is -2.08. The quantitative estimate of drug-likeness (QED) is 0.281. The van der Waals surface area contributed by atoms with Gasteiger partial charge in [0.05, 0.1) is 12.2 Å². The van der Waals surface area contributed by atoms with Crippen LogP contribution in [-0.2, 0) is 4.79 Å². The molecule has 18 heavy (non-hydrogen) atoms. The zero-order chi connectivity index (χ0) is 12.8. The van der Waals surface area contributed by atoms with E-state index in [4.69, 9.17) is 5.84 Å². The van der Waals surface area contributed by atoms with E-state index in [1.165, 1.54) is 0 Å². The minimum atomic E-state index is -0.0106. The lowest BCUT2D eigenvalue weighted by atomic mass is 10.3. The van der Waals surface area contributed by atoms with Crippen molar-refractivity contribution >= 4 is 17.6 Å². The number of carbonyl (C=O) groups is 1. The Bertz CT molecular complexity index is 431. The van der Waals surface area contributed by atoms with Gasteiger partial charge in [-0.25, -0.2) is 10.8 Å². The van der Waals surface area contributed by atoms with E-state index < -0.39 is 0 Å². The van der Waals surface area contributed by atoms with Crippen molar-refractivity contribution in [2.45, 2.75) is 6.42 Å². The molecule has 1 saturated heterocycles. The number of nitrogens with one attached hydrogen (secondary N) is 2. The third-order valence-corrected chi connectivity index (χ3v) is 2.68. The Morgan fingerprint density at radius 1 is 1.39 bits per heavy atom. The summed E-state index contributed by atoms with van der Waals surface area (Å²) >= 11 is 0. The highest BCUT2D eigenvalue weighted by Crippen LogP contribution is 2.11. The van der Waals surface area contributed by atoms with Crippen LogP contribution in [0.4, 0.5) is 5.69 Å². The average molecular weight is 247 g/mol. The van der Waals surface area contributed by atoms with Crippen LogP contribution in [0.25, 0.3) is 0 Å². The molecule has 0 spiro atoms. The fraction of sp³-hybridized carbons (Fsp3) is 0.333. The summed E-state index contributed by atoms with van der Waals surface area (Å²) in [6, 6.07) is 9.50. The number of amides is 1. The van der Waals surface area contributed by atoms with E-state index in [-0.39, 0.29) is 12.5 Å². The lowest BCUT2D eigenvalue weighted by Gasteiger charge is -2.22. The minimum Gasteiger partial charge on any atom is -0.354 e. The molecule has 0 aromatic heterocycles. The van der Waals surface area contributed by atoms with Crippen LogP contribution in [0.15, 0.2) is 35.3 Å². The van der Waals surface area contributed by atoms with Gasteiger partial charge in [0.15, 0.2) is 0 Å². The summed E-state index contributed by atoms with van der Waals surface area (Å²) in [6.45, 7) is 1.71. The van der Waals surface area contributed by atoms with E-state index in [2.05, 4.69) is 15.7 Å². The van der Waals surface area contributed by atoms with Gasteiger partial charge in [-0.05, 0) is 18.6 Å². The Morgan fingerprint density at radius 3 is 2.89 bits per heavy atom. The fourth-order valence-electron chi connectivity index (χ4n) is 1.81. The molecule has 0 radical (unpaired) electrons. The number of hydrogen-bond acceptors (Lipinski definition) is 3. The van der Waals surface area contributed by atoms with Crippen molar-refractivity contribution in [2.75, 3.05) is 19.6 Å². The van der Waals surface area contributed by atoms with Crippen LogP contribution in [0.3, 0.4) is 0 Å². The number of carbonyl (C=O) groups excluding carboxylic acids is 1. The predicted octanol–water partition coefficient (Wildman–Crippen LogP) is -0.0407. The minimum absolute atomic E-state index is 0.0106. The second-order valence-corrected chi connectivity index (χ2v) is 4.04. The van der Waals surface area contributed by atoms with Crippen LogP contribution in [0.1, 0.15) is 6.42 Å². The van der Waals surface area contributed by atoms with Crippen LogP contribution in [0.2, 0.25) is 0 Å². The number of nitrogens with two attached hydrogens (primary N) is 1. The summed E-state index contributed by atoms with van der Waals surface area (Å²) in [5.74, 6) is 6.00. The molecule has 2 rings (SSSR count). The summed E-state index contributed by atoms with van der Waals surface area (Å²) in [4.78, 5) is 17.7. The Kier molecular flexibility index (Phi) is 4.14. The first kappa shape index (κ1) is 12.4. The molecular formula is C12H17N5O. The van der Waals surface area contributed by atoms with Crippen molar-refractivity contribution in [3.63, 3.8) is 0 Å². The average Bonchev–Trinajstić information content (AvgIpc) is 2.62. The molecule has 0 atom stereocenters. The molecule has 1 aliphatic rings. The smallest absolute Gasteiger partial charge is 0.239 e. The summed E-state index contributed by atoms with van der Waals surface area (Å²) < 4.78 is 0. The van der Waals surface area contributed by atoms with E-state index >= 15 is 0 Å². The number of aliphatic imine (C=N–C) groups is 1. The predicted molar refractivity (Wildman–Crippen MR) is 70.1 cm³/mol. The first-order chi connectivity index (χ1) is 8.79. The number of para-hydroxylation sites is 1. The van der Waals surface area contributed by atoms with Crippen LogP contribution >= 0.6 is 0 Å². The van der Waals surface area contributed by atoms with Crippen LogP contribution in [-0.4, -0.2) is 36.4 Å². The molecule has 96 valence electrons. The molecule has 1 aliphatic heterocycles. The van der Waals surface area contributed by atoms with Gasteiger partial charge < -0.3 is 10.2 Å². The Balaban J connectivity index is 2.16. The van der Waals surface area contributed by atoms with E-state index in [9.17, 15) is 4.79 Å². The number of rotatable bonds is 1. The summed E-state index contributed by atoms with van der Waals surface area (Å²) in [7, 11) is 0. The number of benzene rings is 1. The second kappa shape index (κ2) is 6.02. The Morgan fingerprint density at radius 2 is 2.17 bits per heavy atom. The molecule has 4 N–H and O–H groups in total. The van der Waals surface area contributed by atoms with Gasteiger partial charge in [0, 0.05) is 13.1 Å². The van der Waals surface area contributed by atoms with Gasteiger partial charge in [-0.1, -0.05) is 18.2 Å². The van der Waals surface area contributed by atoms with Crippen molar-refractivity contribution in [3.8, 4) is 0 Å². The second-order valence-electron chi connectivity index (χ2n) is 4.04. The third-order valence-electron chi connectivity index (χ3n) is 2.68. The van der Waals surface area contributed by atoms with E-state index in [1.54, 1.807) is 0 Å². The molecule has 0 saturated carbocycles. The van der Waals surface area contributed by atoms with Gasteiger partial charge in [0.2, 0.25) is 11.9 Å². The summed E-state index contributed by atoms with van der Waals surface area (Å²) in [5, 5.41) is 2.81. The maximum absolute atomic E-state index is 11.5. The highest BCUT2D eigenvalue weighted by molar-refractivity contribution is 5.88. The monoisotopic (exact) mass is 247 g/mol. The topological polar surface area (TPSA) is 82.8 Å². The van der Waals surface area contributed by atoms with Gasteiger partial charge in [-0.15, -0.1) is 0 Å². The van der Waals surface area contributed by atoms with Crippen molar-refractivity contribution < 1.29 is 4.79 Å². The number of guanidine groups is 1. The van der Waals surface area contributed by atoms with Gasteiger partial charge in [-0.2, -0.15) is 0 Å². The summed E-state index contributed by atoms with van der Waals surface area (Å²) in [5.41, 5.74) is 3.37. The lowest BCUT2D eigenvalue weighted by Crippen LogP contribution is -2.47. The molecule has 0 bridgehead atoms. The third kappa shape index (κ3) is 3.21. The standard InChI is InChI=1S/C12H17N5O/c13-16-12(15-10-5-2-1-3-6-10)17-8-4-7-14-11(18)9-17/h1-3,5-6H,4,7-9,13H2,(H,14,18)(H,15,16). The van der Waals surface area contributed by atoms with Crippen LogP contribution in [0.5, 0.6) is 0 Å². The number of hydrogen-bond donors (Lipinski definition) is 3. The molecule has 0 unspecified atom stereocenters. The molecule has 1 aromatic carbocycles. The lowest BCUT2D eigenvalue weighted by molar-refractivity contribution is -0.120. The Labute approximate surface area is 106 Å². The number of nitrogens with zero attached hydrogens (tertiary/aromatic N) is 2. The maximum atomic E-state index is 11.5. The number of hydrazine groups is 1. The molecular weight excluding hydrogens is 230 g/mol. The molecule has 6 nitrogen and oxygen atoms in total.